The third kappa shape index (κ3) is 2.08. The van der Waals surface area contributed by atoms with Crippen molar-refractivity contribution >= 4 is 11.6 Å². The van der Waals surface area contributed by atoms with E-state index in [1.807, 2.05) is 18.2 Å². The summed E-state index contributed by atoms with van der Waals surface area (Å²) in [7, 11) is 0. The summed E-state index contributed by atoms with van der Waals surface area (Å²) in [5, 5.41) is 3.19. The lowest BCUT2D eigenvalue weighted by Crippen LogP contribution is -2.58. The van der Waals surface area contributed by atoms with Crippen molar-refractivity contribution in [2.75, 3.05) is 12.1 Å². The van der Waals surface area contributed by atoms with Crippen LogP contribution >= 0.6 is 0 Å². The van der Waals surface area contributed by atoms with Crippen LogP contribution in [0.15, 0.2) is 18.2 Å². The van der Waals surface area contributed by atoms with E-state index < -0.39 is 0 Å². The monoisotopic (exact) mass is 327 g/mol. The molecule has 24 heavy (non-hydrogen) atoms. The number of ether oxygens (including phenoxy) is 2. The van der Waals surface area contributed by atoms with Gasteiger partial charge in [0.2, 0.25) is 12.7 Å². The Balaban J connectivity index is 1.43. The number of amides is 1. The molecule has 4 bridgehead atoms. The molecule has 4 heteroatoms. The molecule has 1 aliphatic heterocycles. The molecule has 4 nitrogen and oxygen atoms in total. The summed E-state index contributed by atoms with van der Waals surface area (Å²) in [6, 6.07) is 5.67. The van der Waals surface area contributed by atoms with Crippen molar-refractivity contribution in [2.24, 2.45) is 22.2 Å². The van der Waals surface area contributed by atoms with Gasteiger partial charge in [-0.05, 0) is 67.4 Å². The number of nitrogens with one attached hydrogen (secondary N) is 1. The molecule has 1 N–H and O–H groups in total. The van der Waals surface area contributed by atoms with Crippen LogP contribution in [0.25, 0.3) is 0 Å². The first-order chi connectivity index (χ1) is 11.4. The molecule has 4 saturated carbocycles. The third-order valence-electron chi connectivity index (χ3n) is 6.74. The van der Waals surface area contributed by atoms with Gasteiger partial charge in [-0.1, -0.05) is 13.8 Å². The van der Waals surface area contributed by atoms with Gasteiger partial charge in [-0.15, -0.1) is 0 Å². The lowest BCUT2D eigenvalue weighted by Gasteiger charge is -2.64. The van der Waals surface area contributed by atoms with Gasteiger partial charge in [0.25, 0.3) is 0 Å². The Morgan fingerprint density at radius 3 is 2.46 bits per heavy atom. The second kappa shape index (κ2) is 4.47. The number of anilines is 1. The van der Waals surface area contributed by atoms with E-state index in [4.69, 9.17) is 9.47 Å². The summed E-state index contributed by atoms with van der Waals surface area (Å²) < 4.78 is 10.8. The molecule has 2 atom stereocenters. The Morgan fingerprint density at radius 2 is 1.75 bits per heavy atom. The van der Waals surface area contributed by atoms with Crippen molar-refractivity contribution < 1.29 is 14.3 Å². The Hall–Kier alpha value is -1.71. The Kier molecular flexibility index (Phi) is 2.72. The topological polar surface area (TPSA) is 47.6 Å². The van der Waals surface area contributed by atoms with Crippen molar-refractivity contribution in [3.8, 4) is 11.5 Å². The van der Waals surface area contributed by atoms with Crippen molar-refractivity contribution in [1.29, 1.82) is 0 Å². The maximum absolute atomic E-state index is 13.3. The molecular weight excluding hydrogens is 302 g/mol. The molecule has 5 aliphatic rings. The summed E-state index contributed by atoms with van der Waals surface area (Å²) in [6.07, 6.45) is 7.05. The number of hydrogen-bond acceptors (Lipinski definition) is 3. The van der Waals surface area contributed by atoms with E-state index >= 15 is 0 Å². The number of hydrogen-bond donors (Lipinski definition) is 1. The lowest BCUT2D eigenvalue weighted by molar-refractivity contribution is -0.165. The van der Waals surface area contributed by atoms with Crippen molar-refractivity contribution in [3.05, 3.63) is 18.2 Å². The second-order valence-electron chi connectivity index (χ2n) is 9.43. The standard InChI is InChI=1S/C20H25NO3/c1-18-6-13-7-19(2,9-18)11-20(8-13,10-18)17(22)21-14-3-4-15-16(5-14)24-12-23-15/h3-5,13H,6-12H2,1-2H3,(H,21,22)/t13?,18-,19-,20?/m0/s1. The van der Waals surface area contributed by atoms with Crippen LogP contribution in [0, 0.1) is 22.2 Å². The first-order valence-corrected chi connectivity index (χ1v) is 9.08. The highest BCUT2D eigenvalue weighted by Gasteiger charge is 2.62. The first-order valence-electron chi connectivity index (χ1n) is 9.08. The van der Waals surface area contributed by atoms with E-state index in [0.717, 1.165) is 42.4 Å². The molecule has 1 aromatic carbocycles. The van der Waals surface area contributed by atoms with Crippen LogP contribution in [-0.4, -0.2) is 12.7 Å². The van der Waals surface area contributed by atoms with E-state index in [1.54, 1.807) is 0 Å². The van der Waals surface area contributed by atoms with Crippen molar-refractivity contribution in [1.82, 2.24) is 0 Å². The van der Waals surface area contributed by atoms with Gasteiger partial charge in [0.15, 0.2) is 11.5 Å². The SMILES string of the molecule is C[C@@]12CC3CC(C(=O)Nc4ccc5c(c4)OCO5)(C1)C[C@@](C)(C3)C2. The molecule has 0 saturated heterocycles. The van der Waals surface area contributed by atoms with Crippen LogP contribution in [-0.2, 0) is 4.79 Å². The molecule has 0 radical (unpaired) electrons. The van der Waals surface area contributed by atoms with Gasteiger partial charge in [0.1, 0.15) is 0 Å². The zero-order valence-electron chi connectivity index (χ0n) is 14.5. The minimum absolute atomic E-state index is 0.181. The highest BCUT2D eigenvalue weighted by molar-refractivity contribution is 5.96. The lowest BCUT2D eigenvalue weighted by atomic mass is 9.40. The number of fused-ring (bicyclic) bond motifs is 1. The van der Waals surface area contributed by atoms with Crippen molar-refractivity contribution in [3.63, 3.8) is 0 Å². The molecule has 0 unspecified atom stereocenters. The van der Waals surface area contributed by atoms with E-state index in [1.165, 1.54) is 19.3 Å². The molecular formula is C20H25NO3. The van der Waals surface area contributed by atoms with Crippen LogP contribution in [0.3, 0.4) is 0 Å². The van der Waals surface area contributed by atoms with Crippen molar-refractivity contribution in [2.45, 2.75) is 52.4 Å². The Morgan fingerprint density at radius 1 is 1.04 bits per heavy atom. The van der Waals surface area contributed by atoms with E-state index in [-0.39, 0.29) is 18.1 Å². The minimum Gasteiger partial charge on any atom is -0.454 e. The summed E-state index contributed by atoms with van der Waals surface area (Å²) in [5.41, 5.74) is 1.33. The largest absolute Gasteiger partial charge is 0.454 e. The molecule has 128 valence electrons. The minimum atomic E-state index is -0.181. The fraction of sp³-hybridized carbons (Fsp3) is 0.650. The fourth-order valence-corrected chi connectivity index (χ4v) is 6.94. The van der Waals surface area contributed by atoms with Gasteiger partial charge < -0.3 is 14.8 Å². The van der Waals surface area contributed by atoms with Crippen LogP contribution in [0.4, 0.5) is 5.69 Å². The highest BCUT2D eigenvalue weighted by atomic mass is 16.7. The number of carbonyl (C=O) groups is 1. The van der Waals surface area contributed by atoms with E-state index in [0.29, 0.717) is 10.8 Å². The van der Waals surface area contributed by atoms with E-state index in [9.17, 15) is 4.79 Å². The van der Waals surface area contributed by atoms with E-state index in [2.05, 4.69) is 19.2 Å². The smallest absolute Gasteiger partial charge is 0.231 e. The molecule has 1 amide bonds. The van der Waals surface area contributed by atoms with Gasteiger partial charge in [-0.2, -0.15) is 0 Å². The molecule has 4 fully saturated rings. The Labute approximate surface area is 142 Å². The second-order valence-corrected chi connectivity index (χ2v) is 9.43. The molecule has 0 aromatic heterocycles. The quantitative estimate of drug-likeness (QED) is 0.878. The third-order valence-corrected chi connectivity index (χ3v) is 6.74. The fourth-order valence-electron chi connectivity index (χ4n) is 6.94. The zero-order chi connectivity index (χ0) is 16.6. The Bertz CT molecular complexity index is 710. The first kappa shape index (κ1) is 14.6. The summed E-state index contributed by atoms with van der Waals surface area (Å²) in [6.45, 7) is 5.06. The van der Waals surface area contributed by atoms with Crippen LogP contribution in [0.1, 0.15) is 52.4 Å². The summed E-state index contributed by atoms with van der Waals surface area (Å²) >= 11 is 0. The van der Waals surface area contributed by atoms with Gasteiger partial charge in [-0.3, -0.25) is 4.79 Å². The predicted octanol–water partition coefficient (Wildman–Crippen LogP) is 4.35. The predicted molar refractivity (Wildman–Crippen MR) is 91.0 cm³/mol. The normalized spacial score (nSPS) is 41.5. The van der Waals surface area contributed by atoms with Gasteiger partial charge in [0, 0.05) is 11.8 Å². The molecule has 0 spiro atoms. The molecule has 4 aliphatic carbocycles. The van der Waals surface area contributed by atoms with Crippen LogP contribution in [0.2, 0.25) is 0 Å². The summed E-state index contributed by atoms with van der Waals surface area (Å²) in [4.78, 5) is 13.3. The van der Waals surface area contributed by atoms with Gasteiger partial charge in [-0.25, -0.2) is 0 Å². The van der Waals surface area contributed by atoms with Crippen LogP contribution < -0.4 is 14.8 Å². The van der Waals surface area contributed by atoms with Crippen LogP contribution in [0.5, 0.6) is 11.5 Å². The summed E-state index contributed by atoms with van der Waals surface area (Å²) in [5.74, 6) is 2.40. The number of benzene rings is 1. The molecule has 1 heterocycles. The maximum Gasteiger partial charge on any atom is 0.231 e. The molecule has 6 rings (SSSR count). The zero-order valence-corrected chi connectivity index (χ0v) is 14.5. The average Bonchev–Trinajstić information content (AvgIpc) is 2.90. The van der Waals surface area contributed by atoms with Gasteiger partial charge >= 0.3 is 0 Å². The molecule has 1 aromatic rings. The average molecular weight is 327 g/mol. The number of carbonyl (C=O) groups excluding carboxylic acids is 1. The maximum atomic E-state index is 13.3. The van der Waals surface area contributed by atoms with Gasteiger partial charge in [0.05, 0.1) is 5.41 Å². The number of rotatable bonds is 2. The highest BCUT2D eigenvalue weighted by Crippen LogP contribution is 2.69.